The topological polar surface area (TPSA) is 12.0 Å². The van der Waals surface area contributed by atoms with E-state index in [-0.39, 0.29) is 0 Å². The first-order chi connectivity index (χ1) is 8.99. The Balaban J connectivity index is 2.04. The predicted molar refractivity (Wildman–Crippen MR) is 85.7 cm³/mol. The molecule has 0 saturated heterocycles. The zero-order valence-corrected chi connectivity index (χ0v) is 13.9. The predicted octanol–water partition coefficient (Wildman–Crippen LogP) is 5.17. The molecule has 1 heterocycles. The van der Waals surface area contributed by atoms with Gasteiger partial charge in [0.15, 0.2) is 0 Å². The fourth-order valence-electron chi connectivity index (χ4n) is 3.62. The van der Waals surface area contributed by atoms with Crippen molar-refractivity contribution in [1.29, 1.82) is 0 Å². The summed E-state index contributed by atoms with van der Waals surface area (Å²) in [6, 6.07) is 3.43. The molecule has 0 radical (unpaired) electrons. The lowest BCUT2D eigenvalue weighted by atomic mass is 9.74. The van der Waals surface area contributed by atoms with Crippen LogP contribution in [0.25, 0.3) is 0 Å². The van der Waals surface area contributed by atoms with Crippen LogP contribution in [0.5, 0.6) is 0 Å². The molecule has 1 aromatic rings. The molecule has 2 heteroatoms. The molecular weight excluding hydrogens is 250 g/mol. The van der Waals surface area contributed by atoms with Crippen molar-refractivity contribution in [2.75, 3.05) is 0 Å². The summed E-state index contributed by atoms with van der Waals surface area (Å²) in [5.74, 6) is 2.52. The molecule has 2 rings (SSSR count). The van der Waals surface area contributed by atoms with Crippen LogP contribution in [0.15, 0.2) is 11.4 Å². The van der Waals surface area contributed by atoms with Crippen molar-refractivity contribution in [3.63, 3.8) is 0 Å². The molecule has 0 aliphatic heterocycles. The van der Waals surface area contributed by atoms with E-state index in [1.165, 1.54) is 29.7 Å². The van der Waals surface area contributed by atoms with Crippen LogP contribution in [0, 0.1) is 24.7 Å². The number of thiophene rings is 1. The molecule has 19 heavy (non-hydrogen) atoms. The zero-order chi connectivity index (χ0) is 14.0. The van der Waals surface area contributed by atoms with Gasteiger partial charge in [0.05, 0.1) is 0 Å². The van der Waals surface area contributed by atoms with Crippen LogP contribution in [0.3, 0.4) is 0 Å². The Morgan fingerprint density at radius 1 is 1.26 bits per heavy atom. The number of rotatable bonds is 4. The third kappa shape index (κ3) is 3.61. The molecule has 0 spiro atoms. The van der Waals surface area contributed by atoms with Gasteiger partial charge >= 0.3 is 0 Å². The highest BCUT2D eigenvalue weighted by Gasteiger charge is 2.31. The standard InChI is InChI=1S/C17H29NS/c1-11(2)15-7-6-12(3)10-16(15)18-14(5)17-13(4)8-9-19-17/h8-9,11-12,14-16,18H,6-7,10H2,1-5H3. The molecule has 1 aliphatic carbocycles. The quantitative estimate of drug-likeness (QED) is 0.802. The molecule has 4 unspecified atom stereocenters. The monoisotopic (exact) mass is 279 g/mol. The first kappa shape index (κ1) is 15.1. The summed E-state index contributed by atoms with van der Waals surface area (Å²) in [4.78, 5) is 1.51. The van der Waals surface area contributed by atoms with Gasteiger partial charge in [-0.05, 0) is 61.5 Å². The van der Waals surface area contributed by atoms with Crippen LogP contribution in [0.4, 0.5) is 0 Å². The largest absolute Gasteiger partial charge is 0.306 e. The summed E-state index contributed by atoms with van der Waals surface area (Å²) < 4.78 is 0. The second kappa shape index (κ2) is 6.41. The Morgan fingerprint density at radius 2 is 2.00 bits per heavy atom. The van der Waals surface area contributed by atoms with Crippen molar-refractivity contribution in [3.8, 4) is 0 Å². The summed E-state index contributed by atoms with van der Waals surface area (Å²) in [6.45, 7) is 11.7. The molecule has 1 nitrogen and oxygen atoms in total. The Morgan fingerprint density at radius 3 is 2.58 bits per heavy atom. The summed E-state index contributed by atoms with van der Waals surface area (Å²) in [7, 11) is 0. The summed E-state index contributed by atoms with van der Waals surface area (Å²) >= 11 is 1.89. The van der Waals surface area contributed by atoms with E-state index in [0.717, 1.165) is 17.8 Å². The van der Waals surface area contributed by atoms with Crippen molar-refractivity contribution in [2.45, 2.75) is 66.0 Å². The normalized spacial score (nSPS) is 29.7. The van der Waals surface area contributed by atoms with Crippen LogP contribution in [0.2, 0.25) is 0 Å². The molecule has 1 fully saturated rings. The number of hydrogen-bond acceptors (Lipinski definition) is 2. The molecule has 1 aromatic heterocycles. The van der Waals surface area contributed by atoms with E-state index >= 15 is 0 Å². The third-order valence-electron chi connectivity index (χ3n) is 4.78. The smallest absolute Gasteiger partial charge is 0.0391 e. The highest BCUT2D eigenvalue weighted by Crippen LogP contribution is 2.35. The summed E-state index contributed by atoms with van der Waals surface area (Å²) in [6.07, 6.45) is 4.15. The van der Waals surface area contributed by atoms with E-state index in [4.69, 9.17) is 0 Å². The van der Waals surface area contributed by atoms with E-state index in [2.05, 4.69) is 51.4 Å². The lowest BCUT2D eigenvalue weighted by Gasteiger charge is -2.39. The minimum Gasteiger partial charge on any atom is -0.306 e. The summed E-state index contributed by atoms with van der Waals surface area (Å²) in [5, 5.41) is 6.15. The van der Waals surface area contributed by atoms with Gasteiger partial charge in [-0.2, -0.15) is 0 Å². The maximum Gasteiger partial charge on any atom is 0.0391 e. The average Bonchev–Trinajstić information content (AvgIpc) is 2.75. The first-order valence-electron chi connectivity index (χ1n) is 7.79. The first-order valence-corrected chi connectivity index (χ1v) is 8.67. The molecule has 4 atom stereocenters. The van der Waals surface area contributed by atoms with E-state index in [0.29, 0.717) is 12.1 Å². The van der Waals surface area contributed by atoms with Crippen LogP contribution in [-0.2, 0) is 0 Å². The van der Waals surface area contributed by atoms with Gasteiger partial charge in [0.25, 0.3) is 0 Å². The van der Waals surface area contributed by atoms with Gasteiger partial charge in [-0.15, -0.1) is 11.3 Å². The zero-order valence-electron chi connectivity index (χ0n) is 13.1. The van der Waals surface area contributed by atoms with Gasteiger partial charge in [0.1, 0.15) is 0 Å². The molecule has 0 aromatic carbocycles. The number of nitrogens with one attached hydrogen (secondary N) is 1. The van der Waals surface area contributed by atoms with Gasteiger partial charge in [0, 0.05) is 17.0 Å². The van der Waals surface area contributed by atoms with Crippen molar-refractivity contribution >= 4 is 11.3 Å². The van der Waals surface area contributed by atoms with E-state index < -0.39 is 0 Å². The third-order valence-corrected chi connectivity index (χ3v) is 5.98. The van der Waals surface area contributed by atoms with Gasteiger partial charge in [-0.25, -0.2) is 0 Å². The highest BCUT2D eigenvalue weighted by molar-refractivity contribution is 7.10. The van der Waals surface area contributed by atoms with Crippen LogP contribution >= 0.6 is 11.3 Å². The molecule has 1 aliphatic rings. The molecule has 1 N–H and O–H groups in total. The Labute approximate surface area is 122 Å². The average molecular weight is 279 g/mol. The van der Waals surface area contributed by atoms with Gasteiger partial charge in [0.2, 0.25) is 0 Å². The fourth-order valence-corrected chi connectivity index (χ4v) is 4.56. The van der Waals surface area contributed by atoms with E-state index in [1.54, 1.807) is 0 Å². The van der Waals surface area contributed by atoms with E-state index in [9.17, 15) is 0 Å². The second-order valence-electron chi connectivity index (χ2n) is 6.79. The minimum absolute atomic E-state index is 0.497. The van der Waals surface area contributed by atoms with Crippen molar-refractivity contribution < 1.29 is 0 Å². The molecule has 1 saturated carbocycles. The van der Waals surface area contributed by atoms with Crippen molar-refractivity contribution in [3.05, 3.63) is 21.9 Å². The van der Waals surface area contributed by atoms with Crippen molar-refractivity contribution in [1.82, 2.24) is 5.32 Å². The van der Waals surface area contributed by atoms with Crippen LogP contribution < -0.4 is 5.32 Å². The maximum atomic E-state index is 3.93. The maximum absolute atomic E-state index is 3.93. The highest BCUT2D eigenvalue weighted by atomic mass is 32.1. The lowest BCUT2D eigenvalue weighted by Crippen LogP contribution is -2.43. The molecule has 0 bridgehead atoms. The number of aryl methyl sites for hydroxylation is 1. The lowest BCUT2D eigenvalue weighted by molar-refractivity contribution is 0.161. The van der Waals surface area contributed by atoms with Gasteiger partial charge in [-0.1, -0.05) is 27.2 Å². The van der Waals surface area contributed by atoms with Gasteiger partial charge in [-0.3, -0.25) is 0 Å². The van der Waals surface area contributed by atoms with E-state index in [1.807, 2.05) is 11.3 Å². The Kier molecular flexibility index (Phi) is 5.08. The second-order valence-corrected chi connectivity index (χ2v) is 7.74. The van der Waals surface area contributed by atoms with Crippen LogP contribution in [-0.4, -0.2) is 6.04 Å². The van der Waals surface area contributed by atoms with Crippen molar-refractivity contribution in [2.24, 2.45) is 17.8 Å². The molecule has 108 valence electrons. The molecular formula is C17H29NS. The van der Waals surface area contributed by atoms with Gasteiger partial charge < -0.3 is 5.32 Å². The summed E-state index contributed by atoms with van der Waals surface area (Å²) in [5.41, 5.74) is 1.44. The number of hydrogen-bond donors (Lipinski definition) is 1. The Hall–Kier alpha value is -0.340. The SMILES string of the molecule is Cc1ccsc1C(C)NC1CC(C)CCC1C(C)C. The molecule has 0 amide bonds. The fraction of sp³-hybridized carbons (Fsp3) is 0.765. The Bertz CT molecular complexity index is 396. The van der Waals surface area contributed by atoms with Crippen LogP contribution in [0.1, 0.15) is 63.4 Å². The minimum atomic E-state index is 0.497.